The van der Waals surface area contributed by atoms with Crippen molar-refractivity contribution >= 4 is 0 Å². The second-order valence-corrected chi connectivity index (χ2v) is 4.02. The maximum absolute atomic E-state index is 4.48. The Bertz CT molecular complexity index is 132. The molecule has 1 aliphatic heterocycles. The number of hydrogen-bond acceptors (Lipinski definition) is 1. The van der Waals surface area contributed by atoms with E-state index in [1.54, 1.807) is 0 Å². The van der Waals surface area contributed by atoms with Gasteiger partial charge >= 0.3 is 0 Å². The Labute approximate surface area is 110 Å². The van der Waals surface area contributed by atoms with Crippen LogP contribution in [0.4, 0.5) is 0 Å². The first-order valence-electron chi connectivity index (χ1n) is 5.98. The molecule has 1 radical (unpaired) electrons. The summed E-state index contributed by atoms with van der Waals surface area (Å²) in [5.41, 5.74) is 0. The molecule has 0 aromatic heterocycles. The fourth-order valence-electron chi connectivity index (χ4n) is 1.58. The van der Waals surface area contributed by atoms with Gasteiger partial charge in [0, 0.05) is 17.1 Å². The Balaban J connectivity index is 0.00000225. The van der Waals surface area contributed by atoms with E-state index in [0.717, 1.165) is 65.2 Å². The minimum Gasteiger partial charge on any atom is -0.664 e. The third-order valence-electron chi connectivity index (χ3n) is 2.54. The third kappa shape index (κ3) is 9.58. The van der Waals surface area contributed by atoms with Gasteiger partial charge in [-0.05, 0) is 20.1 Å². The Morgan fingerprint density at radius 2 is 1.25 bits per heavy atom. The Morgan fingerprint density at radius 1 is 0.688 bits per heavy atom. The van der Waals surface area contributed by atoms with E-state index in [-0.39, 0.29) is 17.1 Å². The summed E-state index contributed by atoms with van der Waals surface area (Å²) < 4.78 is 0. The molecule has 0 aromatic rings. The SMILES string of the molecule is CN1CCC[N-]CC[N-]CCC[N-]CC1.[64Cu]. The Morgan fingerprint density at radius 3 is 1.94 bits per heavy atom. The standard InChI is InChI=1S/C11H23N4.Cu/c1-15-10-3-6-13-8-7-12-4-2-5-14-9-11-15;/h2-11H2,1H3;/q-3;/i;1+0. The summed E-state index contributed by atoms with van der Waals surface area (Å²) in [6, 6.07) is 0. The average Bonchev–Trinajstić information content (AvgIpc) is 2.24. The molecule has 0 N–H and O–H groups in total. The van der Waals surface area contributed by atoms with Crippen molar-refractivity contribution in [2.45, 2.75) is 12.8 Å². The van der Waals surface area contributed by atoms with E-state index >= 15 is 0 Å². The van der Waals surface area contributed by atoms with Gasteiger partial charge in [0.25, 0.3) is 0 Å². The number of nitrogens with zero attached hydrogens (tertiary/aromatic N) is 4. The van der Waals surface area contributed by atoms with E-state index in [0.29, 0.717) is 0 Å². The summed E-state index contributed by atoms with van der Waals surface area (Å²) in [5.74, 6) is 0. The number of rotatable bonds is 0. The fourth-order valence-corrected chi connectivity index (χ4v) is 1.58. The van der Waals surface area contributed by atoms with Crippen LogP contribution in [-0.4, -0.2) is 64.3 Å². The van der Waals surface area contributed by atoms with Crippen LogP contribution in [0.1, 0.15) is 12.8 Å². The maximum Gasteiger partial charge on any atom is 0 e. The zero-order valence-corrected chi connectivity index (χ0v) is 11.1. The second-order valence-electron chi connectivity index (χ2n) is 4.02. The maximum atomic E-state index is 4.48. The van der Waals surface area contributed by atoms with Crippen molar-refractivity contribution in [3.63, 3.8) is 0 Å². The number of hydrogen-bond donors (Lipinski definition) is 0. The van der Waals surface area contributed by atoms with Gasteiger partial charge in [-0.25, -0.2) is 0 Å². The first-order chi connectivity index (χ1) is 7.39. The molecule has 5 heteroatoms. The summed E-state index contributed by atoms with van der Waals surface area (Å²) in [7, 11) is 2.16. The normalized spacial score (nSPS) is 23.1. The molecule has 0 aliphatic carbocycles. The van der Waals surface area contributed by atoms with Crippen molar-refractivity contribution in [1.29, 1.82) is 0 Å². The molecule has 0 amide bonds. The predicted octanol–water partition coefficient (Wildman–Crippen LogP) is 1.83. The molecule has 1 rings (SSSR count). The summed E-state index contributed by atoms with van der Waals surface area (Å²) in [6.07, 6.45) is 2.26. The summed E-state index contributed by atoms with van der Waals surface area (Å²) in [4.78, 5) is 2.34. The molecule has 16 heavy (non-hydrogen) atoms. The molecule has 0 bridgehead atoms. The van der Waals surface area contributed by atoms with E-state index in [9.17, 15) is 0 Å². The van der Waals surface area contributed by atoms with Crippen LogP contribution in [0.25, 0.3) is 16.0 Å². The predicted molar refractivity (Wildman–Crippen MR) is 66.0 cm³/mol. The monoisotopic (exact) mass is 275 g/mol. The van der Waals surface area contributed by atoms with Gasteiger partial charge in [-0.3, -0.25) is 0 Å². The molecule has 0 saturated carbocycles. The van der Waals surface area contributed by atoms with Crippen molar-refractivity contribution in [2.24, 2.45) is 0 Å². The summed E-state index contributed by atoms with van der Waals surface area (Å²) in [6.45, 7) is 7.89. The van der Waals surface area contributed by atoms with Crippen molar-refractivity contribution in [3.8, 4) is 0 Å². The van der Waals surface area contributed by atoms with Crippen molar-refractivity contribution < 1.29 is 17.1 Å². The van der Waals surface area contributed by atoms with E-state index in [1.165, 1.54) is 0 Å². The van der Waals surface area contributed by atoms with Gasteiger partial charge in [-0.1, -0.05) is 12.8 Å². The first kappa shape index (κ1) is 16.4. The molecular formula is C11H23CuN4-3. The van der Waals surface area contributed by atoms with Crippen LogP contribution in [-0.2, 0) is 17.1 Å². The quantitative estimate of drug-likeness (QED) is 0.622. The van der Waals surface area contributed by atoms with Crippen LogP contribution >= 0.6 is 0 Å². The van der Waals surface area contributed by atoms with Crippen LogP contribution < -0.4 is 0 Å². The van der Waals surface area contributed by atoms with E-state index in [4.69, 9.17) is 0 Å². The molecular weight excluding hydrogens is 252 g/mol. The minimum absolute atomic E-state index is 0. The van der Waals surface area contributed by atoms with E-state index in [1.807, 2.05) is 0 Å². The van der Waals surface area contributed by atoms with Crippen LogP contribution in [0.3, 0.4) is 0 Å². The molecule has 1 fully saturated rings. The minimum atomic E-state index is 0. The second kappa shape index (κ2) is 11.8. The first-order valence-corrected chi connectivity index (χ1v) is 5.98. The molecule has 1 heterocycles. The fraction of sp³-hybridized carbons (Fsp3) is 1.00. The van der Waals surface area contributed by atoms with Gasteiger partial charge in [0.05, 0.1) is 0 Å². The van der Waals surface area contributed by atoms with Gasteiger partial charge in [0.15, 0.2) is 0 Å². The van der Waals surface area contributed by atoms with E-state index < -0.39 is 0 Å². The van der Waals surface area contributed by atoms with Crippen molar-refractivity contribution in [2.75, 3.05) is 59.4 Å². The molecule has 1 aliphatic rings. The molecule has 0 unspecified atom stereocenters. The smallest absolute Gasteiger partial charge is 0 e. The van der Waals surface area contributed by atoms with Gasteiger partial charge < -0.3 is 20.9 Å². The average molecular weight is 275 g/mol. The van der Waals surface area contributed by atoms with Gasteiger partial charge in [0.2, 0.25) is 0 Å². The zero-order chi connectivity index (χ0) is 10.8. The molecule has 0 aromatic carbocycles. The Kier molecular flexibility index (Phi) is 12.1. The number of likely N-dealkylation sites (N-methyl/N-ethyl adjacent to an activating group) is 1. The Hall–Kier alpha value is 0.359. The molecule has 1 saturated heterocycles. The van der Waals surface area contributed by atoms with Crippen molar-refractivity contribution in [3.05, 3.63) is 16.0 Å². The molecule has 0 spiro atoms. The van der Waals surface area contributed by atoms with E-state index in [2.05, 4.69) is 27.9 Å². The van der Waals surface area contributed by atoms with Crippen molar-refractivity contribution in [1.82, 2.24) is 4.90 Å². The van der Waals surface area contributed by atoms with Crippen LogP contribution in [0, 0.1) is 0 Å². The summed E-state index contributed by atoms with van der Waals surface area (Å²) >= 11 is 0. The zero-order valence-electron chi connectivity index (χ0n) is 10.2. The van der Waals surface area contributed by atoms with Crippen LogP contribution in [0.2, 0.25) is 0 Å². The largest absolute Gasteiger partial charge is 0.664 e. The van der Waals surface area contributed by atoms with Gasteiger partial charge in [0.1, 0.15) is 0 Å². The molecule has 101 valence electrons. The molecule has 0 atom stereocenters. The molecule has 4 nitrogen and oxygen atoms in total. The topological polar surface area (TPSA) is 45.5 Å². The van der Waals surface area contributed by atoms with Crippen LogP contribution in [0.15, 0.2) is 0 Å². The van der Waals surface area contributed by atoms with Gasteiger partial charge in [-0.2, -0.15) is 26.2 Å². The summed E-state index contributed by atoms with van der Waals surface area (Å²) in [5, 5.41) is 13.3. The van der Waals surface area contributed by atoms with Gasteiger partial charge in [-0.15, -0.1) is 13.1 Å². The van der Waals surface area contributed by atoms with Crippen LogP contribution in [0.5, 0.6) is 0 Å². The third-order valence-corrected chi connectivity index (χ3v) is 2.54.